The molecule has 2 N–H and O–H groups in total. The first-order valence-electron chi connectivity index (χ1n) is 6.48. The smallest absolute Gasteiger partial charge is 0.151 e. The van der Waals surface area contributed by atoms with Crippen LogP contribution < -0.4 is 10.6 Å². The zero-order chi connectivity index (χ0) is 13.3. The third-order valence-electron chi connectivity index (χ3n) is 3.96. The summed E-state index contributed by atoms with van der Waals surface area (Å²) in [6.07, 6.45) is 4.43. The van der Waals surface area contributed by atoms with Crippen LogP contribution in [0.5, 0.6) is 0 Å². The van der Waals surface area contributed by atoms with Crippen molar-refractivity contribution in [1.29, 1.82) is 0 Å². The van der Waals surface area contributed by atoms with Gasteiger partial charge in [-0.25, -0.2) is 8.78 Å². The van der Waals surface area contributed by atoms with E-state index in [1.165, 1.54) is 18.6 Å². The number of hydrogen-bond acceptors (Lipinski definition) is 2. The fourth-order valence-electron chi connectivity index (χ4n) is 2.96. The molecule has 1 aliphatic carbocycles. The number of anilines is 2. The van der Waals surface area contributed by atoms with Crippen molar-refractivity contribution in [2.75, 3.05) is 17.7 Å². The van der Waals surface area contributed by atoms with E-state index in [2.05, 4.69) is 6.92 Å². The van der Waals surface area contributed by atoms with Gasteiger partial charge in [-0.05, 0) is 30.9 Å². The molecule has 0 aromatic heterocycles. The van der Waals surface area contributed by atoms with Gasteiger partial charge in [-0.15, -0.1) is 0 Å². The summed E-state index contributed by atoms with van der Waals surface area (Å²) in [5, 5.41) is 0. The predicted octanol–water partition coefficient (Wildman–Crippen LogP) is 3.56. The van der Waals surface area contributed by atoms with Crippen molar-refractivity contribution < 1.29 is 8.78 Å². The highest BCUT2D eigenvalue weighted by Crippen LogP contribution is 2.33. The molecule has 2 rings (SSSR count). The van der Waals surface area contributed by atoms with Crippen LogP contribution in [-0.2, 0) is 0 Å². The summed E-state index contributed by atoms with van der Waals surface area (Å²) < 4.78 is 27.8. The maximum Gasteiger partial charge on any atom is 0.151 e. The minimum absolute atomic E-state index is 0.0444. The van der Waals surface area contributed by atoms with Crippen molar-refractivity contribution in [2.45, 2.75) is 38.6 Å². The fourth-order valence-corrected chi connectivity index (χ4v) is 2.96. The summed E-state index contributed by atoms with van der Waals surface area (Å²) in [6.45, 7) is 2.15. The van der Waals surface area contributed by atoms with Crippen LogP contribution in [0.4, 0.5) is 20.2 Å². The molecule has 0 aliphatic heterocycles. The first kappa shape index (κ1) is 13.1. The van der Waals surface area contributed by atoms with Gasteiger partial charge < -0.3 is 10.6 Å². The van der Waals surface area contributed by atoms with Gasteiger partial charge in [0.25, 0.3) is 0 Å². The van der Waals surface area contributed by atoms with E-state index in [0.717, 1.165) is 19.3 Å². The van der Waals surface area contributed by atoms with Gasteiger partial charge in [0, 0.05) is 18.8 Å². The molecule has 4 heteroatoms. The summed E-state index contributed by atoms with van der Waals surface area (Å²) >= 11 is 0. The summed E-state index contributed by atoms with van der Waals surface area (Å²) in [5.74, 6) is -0.694. The average molecular weight is 254 g/mol. The molecule has 2 atom stereocenters. The van der Waals surface area contributed by atoms with E-state index >= 15 is 0 Å². The van der Waals surface area contributed by atoms with Gasteiger partial charge in [0.2, 0.25) is 0 Å². The number of nitrogen functional groups attached to an aromatic ring is 1. The molecular weight excluding hydrogens is 234 g/mol. The molecule has 1 saturated carbocycles. The third kappa shape index (κ3) is 2.42. The lowest BCUT2D eigenvalue weighted by molar-refractivity contribution is 0.318. The van der Waals surface area contributed by atoms with Crippen LogP contribution in [0.1, 0.15) is 32.6 Å². The van der Waals surface area contributed by atoms with Crippen LogP contribution in [0.3, 0.4) is 0 Å². The van der Waals surface area contributed by atoms with E-state index in [1.807, 2.05) is 0 Å². The van der Waals surface area contributed by atoms with Gasteiger partial charge in [0.1, 0.15) is 5.69 Å². The molecule has 1 fully saturated rings. The van der Waals surface area contributed by atoms with Crippen LogP contribution in [0.25, 0.3) is 0 Å². The van der Waals surface area contributed by atoms with Crippen molar-refractivity contribution in [3.63, 3.8) is 0 Å². The van der Waals surface area contributed by atoms with Crippen LogP contribution in [0.15, 0.2) is 12.1 Å². The second-order valence-corrected chi connectivity index (χ2v) is 5.27. The second kappa shape index (κ2) is 5.12. The molecule has 0 amide bonds. The van der Waals surface area contributed by atoms with Crippen LogP contribution >= 0.6 is 0 Å². The van der Waals surface area contributed by atoms with E-state index in [-0.39, 0.29) is 17.4 Å². The fraction of sp³-hybridized carbons (Fsp3) is 0.571. The second-order valence-electron chi connectivity index (χ2n) is 5.27. The molecular formula is C14H20F2N2. The molecule has 1 aromatic carbocycles. The zero-order valence-corrected chi connectivity index (χ0v) is 10.9. The topological polar surface area (TPSA) is 29.3 Å². The van der Waals surface area contributed by atoms with Crippen molar-refractivity contribution >= 4 is 11.4 Å². The molecule has 0 bridgehead atoms. The number of benzene rings is 1. The number of hydrogen-bond donors (Lipinski definition) is 1. The molecule has 1 aliphatic rings. The van der Waals surface area contributed by atoms with Crippen LogP contribution in [0, 0.1) is 17.6 Å². The average Bonchev–Trinajstić information content (AvgIpc) is 2.27. The summed E-state index contributed by atoms with van der Waals surface area (Å²) in [6, 6.07) is 2.57. The van der Waals surface area contributed by atoms with Crippen molar-refractivity contribution in [2.24, 2.45) is 5.92 Å². The van der Waals surface area contributed by atoms with E-state index in [9.17, 15) is 8.78 Å². The van der Waals surface area contributed by atoms with E-state index in [1.54, 1.807) is 11.9 Å². The molecule has 0 saturated heterocycles. The molecule has 18 heavy (non-hydrogen) atoms. The molecule has 0 spiro atoms. The Morgan fingerprint density at radius 3 is 2.28 bits per heavy atom. The molecule has 0 radical (unpaired) electrons. The van der Waals surface area contributed by atoms with E-state index < -0.39 is 11.6 Å². The number of nitrogens with two attached hydrogens (primary N) is 1. The third-order valence-corrected chi connectivity index (χ3v) is 3.96. The van der Waals surface area contributed by atoms with Crippen molar-refractivity contribution in [3.8, 4) is 0 Å². The largest absolute Gasteiger partial charge is 0.399 e. The van der Waals surface area contributed by atoms with E-state index in [4.69, 9.17) is 5.73 Å². The molecule has 1 aromatic rings. The Bertz CT molecular complexity index is 411. The Kier molecular flexibility index (Phi) is 3.73. The van der Waals surface area contributed by atoms with Crippen molar-refractivity contribution in [3.05, 3.63) is 23.8 Å². The lowest BCUT2D eigenvalue weighted by Gasteiger charge is -2.37. The minimum atomic E-state index is -0.576. The standard InChI is InChI=1S/C14H20F2N2/c1-9-5-3-4-6-13(9)18(2)14-11(15)7-10(17)8-12(14)16/h7-9,13H,3-6,17H2,1-2H3. The SMILES string of the molecule is CC1CCCCC1N(C)c1c(F)cc(N)cc1F. The van der Waals surface area contributed by atoms with Gasteiger partial charge in [-0.1, -0.05) is 19.8 Å². The number of nitrogens with zero attached hydrogens (tertiary/aromatic N) is 1. The summed E-state index contributed by atoms with van der Waals surface area (Å²) in [5.41, 5.74) is 5.60. The van der Waals surface area contributed by atoms with Gasteiger partial charge in [-0.2, -0.15) is 0 Å². The Labute approximate surface area is 107 Å². The lowest BCUT2D eigenvalue weighted by Crippen LogP contribution is -2.39. The Hall–Kier alpha value is -1.32. The molecule has 2 unspecified atom stereocenters. The quantitative estimate of drug-likeness (QED) is 0.818. The maximum atomic E-state index is 13.9. The Morgan fingerprint density at radius 2 is 1.72 bits per heavy atom. The number of halogens is 2. The molecule has 0 heterocycles. The van der Waals surface area contributed by atoms with Crippen molar-refractivity contribution in [1.82, 2.24) is 0 Å². The molecule has 2 nitrogen and oxygen atoms in total. The highest BCUT2D eigenvalue weighted by Gasteiger charge is 2.28. The van der Waals surface area contributed by atoms with Gasteiger partial charge in [-0.3, -0.25) is 0 Å². The zero-order valence-electron chi connectivity index (χ0n) is 10.9. The Balaban J connectivity index is 2.30. The number of rotatable bonds is 2. The van der Waals surface area contributed by atoms with Gasteiger partial charge in [0.15, 0.2) is 11.6 Å². The van der Waals surface area contributed by atoms with Crippen LogP contribution in [-0.4, -0.2) is 13.1 Å². The normalized spacial score (nSPS) is 24.0. The summed E-state index contributed by atoms with van der Waals surface area (Å²) in [4.78, 5) is 1.74. The lowest BCUT2D eigenvalue weighted by atomic mass is 9.85. The monoisotopic (exact) mass is 254 g/mol. The summed E-state index contributed by atoms with van der Waals surface area (Å²) in [7, 11) is 1.77. The van der Waals surface area contributed by atoms with Gasteiger partial charge >= 0.3 is 0 Å². The Morgan fingerprint density at radius 1 is 1.17 bits per heavy atom. The van der Waals surface area contributed by atoms with E-state index in [0.29, 0.717) is 5.92 Å². The maximum absolute atomic E-state index is 13.9. The first-order chi connectivity index (χ1) is 8.50. The molecule has 100 valence electrons. The highest BCUT2D eigenvalue weighted by molar-refractivity contribution is 5.56. The van der Waals surface area contributed by atoms with Gasteiger partial charge in [0.05, 0.1) is 0 Å². The predicted molar refractivity (Wildman–Crippen MR) is 70.6 cm³/mol. The minimum Gasteiger partial charge on any atom is -0.399 e. The van der Waals surface area contributed by atoms with Crippen LogP contribution in [0.2, 0.25) is 0 Å². The highest BCUT2D eigenvalue weighted by atomic mass is 19.1. The first-order valence-corrected chi connectivity index (χ1v) is 6.48.